The van der Waals surface area contributed by atoms with E-state index in [-0.39, 0.29) is 23.2 Å². The average Bonchev–Trinajstić information content (AvgIpc) is 2.81. The van der Waals surface area contributed by atoms with E-state index in [0.717, 1.165) is 20.9 Å². The van der Waals surface area contributed by atoms with Crippen LogP contribution in [-0.4, -0.2) is 14.5 Å². The van der Waals surface area contributed by atoms with Crippen LogP contribution in [0.5, 0.6) is 0 Å². The van der Waals surface area contributed by atoms with Gasteiger partial charge in [-0.3, -0.25) is 14.3 Å². The van der Waals surface area contributed by atoms with E-state index in [9.17, 15) is 9.59 Å². The first kappa shape index (κ1) is 15.0. The van der Waals surface area contributed by atoms with Crippen LogP contribution in [0.2, 0.25) is 5.15 Å². The number of rotatable bonds is 4. The third-order valence-corrected chi connectivity index (χ3v) is 4.42. The van der Waals surface area contributed by atoms with E-state index in [1.54, 1.807) is 6.20 Å². The summed E-state index contributed by atoms with van der Waals surface area (Å²) in [5.41, 5.74) is -0.418. The lowest BCUT2D eigenvalue weighted by Gasteiger charge is -2.10. The van der Waals surface area contributed by atoms with Gasteiger partial charge in [0.2, 0.25) is 0 Å². The van der Waals surface area contributed by atoms with Gasteiger partial charge in [-0.1, -0.05) is 32.4 Å². The maximum Gasteiger partial charge on any atom is 0.329 e. The molecular weight excluding hydrogens is 298 g/mol. The molecule has 0 bridgehead atoms. The van der Waals surface area contributed by atoms with Crippen molar-refractivity contribution in [3.63, 3.8) is 0 Å². The summed E-state index contributed by atoms with van der Waals surface area (Å²) in [6, 6.07) is 0. The van der Waals surface area contributed by atoms with Crippen molar-refractivity contribution in [3.8, 4) is 0 Å². The van der Waals surface area contributed by atoms with Crippen LogP contribution in [0.1, 0.15) is 42.1 Å². The van der Waals surface area contributed by atoms with E-state index < -0.39 is 5.69 Å². The largest absolute Gasteiger partial charge is 0.329 e. The highest BCUT2D eigenvalue weighted by Crippen LogP contribution is 2.17. The highest BCUT2D eigenvalue weighted by molar-refractivity contribution is 7.11. The smallest absolute Gasteiger partial charge is 0.297 e. The quantitative estimate of drug-likeness (QED) is 0.881. The van der Waals surface area contributed by atoms with Crippen LogP contribution in [-0.2, 0) is 13.0 Å². The fourth-order valence-electron chi connectivity index (χ4n) is 1.92. The second kappa shape index (κ2) is 5.93. The molecule has 0 amide bonds. The first-order chi connectivity index (χ1) is 9.43. The van der Waals surface area contributed by atoms with Crippen LogP contribution in [0.25, 0.3) is 0 Å². The van der Waals surface area contributed by atoms with Gasteiger partial charge in [-0.2, -0.15) is 0 Å². The molecule has 2 aromatic rings. The summed E-state index contributed by atoms with van der Waals surface area (Å²) >= 11 is 7.46. The number of nitrogens with one attached hydrogen (secondary N) is 1. The molecule has 0 unspecified atom stereocenters. The van der Waals surface area contributed by atoms with Gasteiger partial charge in [0.05, 0.1) is 12.1 Å². The fourth-order valence-corrected chi connectivity index (χ4v) is 3.16. The minimum atomic E-state index is -0.502. The van der Waals surface area contributed by atoms with E-state index >= 15 is 0 Å². The molecule has 0 radical (unpaired) electrons. The number of nitrogens with zero attached hydrogens (tertiary/aromatic N) is 2. The van der Waals surface area contributed by atoms with Crippen molar-refractivity contribution < 1.29 is 0 Å². The first-order valence-electron chi connectivity index (χ1n) is 6.40. The van der Waals surface area contributed by atoms with Crippen LogP contribution < -0.4 is 11.2 Å². The van der Waals surface area contributed by atoms with Crippen LogP contribution in [0.3, 0.4) is 0 Å². The molecule has 0 aliphatic carbocycles. The predicted octanol–water partition coefficient (Wildman–Crippen LogP) is 2.38. The molecular formula is C13H16ClN3O2S. The average molecular weight is 314 g/mol. The molecule has 2 rings (SSSR count). The fraction of sp³-hybridized carbons (Fsp3) is 0.462. The Hall–Kier alpha value is -1.40. The van der Waals surface area contributed by atoms with Crippen LogP contribution in [0.15, 0.2) is 15.8 Å². The number of thiazole rings is 1. The number of H-pyrrole nitrogens is 1. The zero-order valence-electron chi connectivity index (χ0n) is 11.6. The van der Waals surface area contributed by atoms with E-state index in [4.69, 9.17) is 11.6 Å². The van der Waals surface area contributed by atoms with E-state index in [2.05, 4.69) is 9.97 Å². The number of aromatic nitrogens is 3. The molecule has 0 aromatic carbocycles. The van der Waals surface area contributed by atoms with Gasteiger partial charge < -0.3 is 0 Å². The van der Waals surface area contributed by atoms with Gasteiger partial charge in [-0.05, 0) is 12.3 Å². The minimum Gasteiger partial charge on any atom is -0.297 e. The van der Waals surface area contributed by atoms with Gasteiger partial charge in [-0.25, -0.2) is 9.78 Å². The van der Waals surface area contributed by atoms with Gasteiger partial charge in [-0.15, -0.1) is 11.3 Å². The zero-order chi connectivity index (χ0) is 14.9. The Morgan fingerprint density at radius 2 is 2.15 bits per heavy atom. The maximum atomic E-state index is 12.4. The predicted molar refractivity (Wildman–Crippen MR) is 81.0 cm³/mol. The molecule has 0 saturated carbocycles. The molecule has 0 aliphatic heterocycles. The molecule has 0 aliphatic rings. The summed E-state index contributed by atoms with van der Waals surface area (Å²) in [4.78, 5) is 32.2. The van der Waals surface area contributed by atoms with Crippen molar-refractivity contribution in [1.82, 2.24) is 14.5 Å². The monoisotopic (exact) mass is 313 g/mol. The maximum absolute atomic E-state index is 12.4. The molecule has 0 saturated heterocycles. The molecule has 0 fully saturated rings. The molecule has 5 nitrogen and oxygen atoms in total. The van der Waals surface area contributed by atoms with Crippen molar-refractivity contribution in [3.05, 3.63) is 47.6 Å². The van der Waals surface area contributed by atoms with Crippen molar-refractivity contribution in [2.45, 2.75) is 39.7 Å². The summed E-state index contributed by atoms with van der Waals surface area (Å²) < 4.78 is 1.15. The van der Waals surface area contributed by atoms with Gasteiger partial charge >= 0.3 is 5.69 Å². The lowest BCUT2D eigenvalue weighted by Crippen LogP contribution is -2.38. The number of hydrogen-bond acceptors (Lipinski definition) is 4. The van der Waals surface area contributed by atoms with E-state index in [1.807, 2.05) is 20.8 Å². The Labute approximate surface area is 125 Å². The molecule has 20 heavy (non-hydrogen) atoms. The second-order valence-corrected chi connectivity index (χ2v) is 6.36. The number of aryl methyl sites for hydroxylation is 1. The summed E-state index contributed by atoms with van der Waals surface area (Å²) in [5, 5.41) is 0.867. The standard InChI is InChI=1S/C13H16ClN3O2S/c1-4-8-5-15-9(20-8)6-17-12(18)10(7(2)3)11(14)16-13(17)19/h5,7H,4,6H2,1-3H3,(H,16,19). The SMILES string of the molecule is CCc1cnc(Cn2c(=O)[nH]c(Cl)c(C(C)C)c2=O)s1. The summed E-state index contributed by atoms with van der Waals surface area (Å²) in [6.07, 6.45) is 2.67. The molecule has 0 atom stereocenters. The number of hydrogen-bond donors (Lipinski definition) is 1. The Balaban J connectivity index is 2.49. The number of aromatic amines is 1. The van der Waals surface area contributed by atoms with Crippen LogP contribution >= 0.6 is 22.9 Å². The third-order valence-electron chi connectivity index (χ3n) is 2.99. The molecule has 108 valence electrons. The minimum absolute atomic E-state index is 0.0550. The molecule has 1 N–H and O–H groups in total. The Morgan fingerprint density at radius 3 is 2.70 bits per heavy atom. The van der Waals surface area contributed by atoms with Crippen molar-refractivity contribution in [2.24, 2.45) is 0 Å². The Morgan fingerprint density at radius 1 is 1.45 bits per heavy atom. The molecule has 7 heteroatoms. The molecule has 2 aromatic heterocycles. The van der Waals surface area contributed by atoms with Crippen molar-refractivity contribution >= 4 is 22.9 Å². The van der Waals surface area contributed by atoms with Crippen LogP contribution in [0.4, 0.5) is 0 Å². The molecule has 0 spiro atoms. The van der Waals surface area contributed by atoms with Crippen molar-refractivity contribution in [2.75, 3.05) is 0 Å². The summed E-state index contributed by atoms with van der Waals surface area (Å²) in [7, 11) is 0. The van der Waals surface area contributed by atoms with Gasteiger partial charge in [0.25, 0.3) is 5.56 Å². The lowest BCUT2D eigenvalue weighted by atomic mass is 10.1. The second-order valence-electron chi connectivity index (χ2n) is 4.78. The van der Waals surface area contributed by atoms with E-state index in [1.165, 1.54) is 11.3 Å². The topological polar surface area (TPSA) is 67.8 Å². The normalized spacial score (nSPS) is 11.2. The van der Waals surface area contributed by atoms with E-state index in [0.29, 0.717) is 5.56 Å². The lowest BCUT2D eigenvalue weighted by molar-refractivity contribution is 0.667. The van der Waals surface area contributed by atoms with Gasteiger partial charge in [0, 0.05) is 11.1 Å². The summed E-state index contributed by atoms with van der Waals surface area (Å²) in [6.45, 7) is 5.94. The first-order valence-corrected chi connectivity index (χ1v) is 7.59. The van der Waals surface area contributed by atoms with Crippen LogP contribution in [0, 0.1) is 0 Å². The Bertz CT molecular complexity index is 730. The van der Waals surface area contributed by atoms with Gasteiger partial charge in [0.1, 0.15) is 10.2 Å². The molecule has 2 heterocycles. The number of halogens is 1. The highest BCUT2D eigenvalue weighted by Gasteiger charge is 2.16. The van der Waals surface area contributed by atoms with Gasteiger partial charge in [0.15, 0.2) is 0 Å². The summed E-state index contributed by atoms with van der Waals surface area (Å²) in [5.74, 6) is -0.0550. The van der Waals surface area contributed by atoms with Crippen molar-refractivity contribution in [1.29, 1.82) is 0 Å². The third kappa shape index (κ3) is 2.86. The Kier molecular flexibility index (Phi) is 4.45. The highest BCUT2D eigenvalue weighted by atomic mass is 35.5. The zero-order valence-corrected chi connectivity index (χ0v) is 13.1.